The van der Waals surface area contributed by atoms with Gasteiger partial charge < -0.3 is 20.7 Å². The Kier molecular flexibility index (Phi) is 5.26. The molecule has 0 spiro atoms. The van der Waals surface area contributed by atoms with E-state index in [1.807, 2.05) is 26.0 Å². The van der Waals surface area contributed by atoms with Gasteiger partial charge in [0.25, 0.3) is 5.91 Å². The van der Waals surface area contributed by atoms with Crippen LogP contribution in [0.1, 0.15) is 55.1 Å². The average molecular weight is 405 g/mol. The van der Waals surface area contributed by atoms with Crippen LogP contribution >= 0.6 is 0 Å². The number of primary amides is 1. The van der Waals surface area contributed by atoms with Crippen molar-refractivity contribution >= 4 is 30.6 Å². The van der Waals surface area contributed by atoms with Crippen molar-refractivity contribution in [2.45, 2.75) is 39.2 Å². The third-order valence-corrected chi connectivity index (χ3v) is 5.77. The maximum atomic E-state index is 12.0. The van der Waals surface area contributed by atoms with Gasteiger partial charge in [-0.15, -0.1) is 0 Å². The molecule has 1 saturated carbocycles. The van der Waals surface area contributed by atoms with Gasteiger partial charge in [0.15, 0.2) is 5.82 Å². The summed E-state index contributed by atoms with van der Waals surface area (Å²) in [5.74, 6) is 0.380. The molecule has 1 aliphatic heterocycles. The van der Waals surface area contributed by atoms with E-state index in [1.165, 1.54) is 0 Å². The lowest BCUT2D eigenvalue weighted by molar-refractivity contribution is 0.100. The van der Waals surface area contributed by atoms with E-state index in [9.17, 15) is 15.1 Å². The number of carbonyl (C=O) groups excluding carboxylic acids is 1. The fraction of sp³-hybridized carbons (Fsp3) is 0.381. The monoisotopic (exact) mass is 405 g/mol. The predicted octanol–water partition coefficient (Wildman–Crippen LogP) is 3.04. The smallest absolute Gasteiger partial charge is 0.532 e. The van der Waals surface area contributed by atoms with Gasteiger partial charge in [-0.2, -0.15) is 10.4 Å². The number of anilines is 2. The minimum atomic E-state index is -0.951. The molecule has 1 aromatic heterocycles. The van der Waals surface area contributed by atoms with Crippen LogP contribution in [0.4, 0.5) is 11.5 Å². The highest BCUT2D eigenvalue weighted by Crippen LogP contribution is 2.37. The summed E-state index contributed by atoms with van der Waals surface area (Å²) < 4.78 is 7.30. The summed E-state index contributed by atoms with van der Waals surface area (Å²) >= 11 is 0. The van der Waals surface area contributed by atoms with E-state index in [0.29, 0.717) is 17.3 Å². The Morgan fingerprint density at radius 2 is 2.27 bits per heavy atom. The van der Waals surface area contributed by atoms with Crippen LogP contribution in [0.25, 0.3) is 6.08 Å². The molecule has 154 valence electrons. The van der Waals surface area contributed by atoms with Crippen LogP contribution in [-0.4, -0.2) is 27.8 Å². The number of nitrogens with two attached hydrogens (primary N) is 1. The maximum Gasteiger partial charge on any atom is 0.556 e. The van der Waals surface area contributed by atoms with Crippen molar-refractivity contribution in [1.82, 2.24) is 9.78 Å². The maximum absolute atomic E-state index is 12.0. The van der Waals surface area contributed by atoms with Crippen molar-refractivity contribution in [3.8, 4) is 11.8 Å². The lowest BCUT2D eigenvalue weighted by Crippen LogP contribution is -2.30. The van der Waals surface area contributed by atoms with Crippen LogP contribution in [0, 0.1) is 23.2 Å². The molecular formula is C21H24BN5O3. The van der Waals surface area contributed by atoms with Gasteiger partial charge in [-0.3, -0.25) is 9.48 Å². The second kappa shape index (κ2) is 7.88. The molecule has 4 N–H and O–H groups in total. The van der Waals surface area contributed by atoms with Gasteiger partial charge in [0.2, 0.25) is 0 Å². The van der Waals surface area contributed by atoms with Crippen molar-refractivity contribution in [1.29, 1.82) is 5.26 Å². The van der Waals surface area contributed by atoms with Crippen molar-refractivity contribution < 1.29 is 14.5 Å². The highest BCUT2D eigenvalue weighted by Gasteiger charge is 2.31. The fourth-order valence-corrected chi connectivity index (χ4v) is 4.12. The van der Waals surface area contributed by atoms with E-state index in [1.54, 1.807) is 23.0 Å². The summed E-state index contributed by atoms with van der Waals surface area (Å²) in [4.78, 5) is 12.0. The molecule has 2 heterocycles. The normalized spacial score (nSPS) is 20.4. The van der Waals surface area contributed by atoms with Crippen molar-refractivity contribution in [3.63, 3.8) is 0 Å². The number of nitriles is 1. The zero-order chi connectivity index (χ0) is 21.4. The van der Waals surface area contributed by atoms with Crippen LogP contribution in [0.5, 0.6) is 5.75 Å². The van der Waals surface area contributed by atoms with Gasteiger partial charge >= 0.3 is 7.12 Å². The van der Waals surface area contributed by atoms with Gasteiger partial charge in [-0.05, 0) is 48.9 Å². The van der Waals surface area contributed by atoms with E-state index in [-0.39, 0.29) is 23.4 Å². The van der Waals surface area contributed by atoms with E-state index in [4.69, 9.17) is 10.4 Å². The molecule has 8 nitrogen and oxygen atoms in total. The Bertz CT molecular complexity index is 1060. The highest BCUT2D eigenvalue weighted by molar-refractivity contribution is 6.55. The number of rotatable bonds is 5. The number of hydrogen-bond donors (Lipinski definition) is 3. The molecule has 9 heteroatoms. The molecule has 1 fully saturated rings. The van der Waals surface area contributed by atoms with E-state index < -0.39 is 13.0 Å². The number of carbonyl (C=O) groups is 1. The minimum Gasteiger partial charge on any atom is -0.532 e. The molecule has 0 radical (unpaired) electrons. The molecule has 0 saturated heterocycles. The molecule has 30 heavy (non-hydrogen) atoms. The third-order valence-electron chi connectivity index (χ3n) is 5.77. The van der Waals surface area contributed by atoms with Gasteiger partial charge in [0.05, 0.1) is 18.0 Å². The molecule has 1 aromatic carbocycles. The number of benzene rings is 1. The number of nitrogens with zero attached hydrogens (tertiary/aromatic N) is 3. The second-order valence-electron chi connectivity index (χ2n) is 8.12. The number of aromatic nitrogens is 2. The topological polar surface area (TPSA) is 126 Å². The number of hydrogen-bond acceptors (Lipinski definition) is 6. The lowest BCUT2D eigenvalue weighted by atomic mass is 9.70. The molecule has 2 aromatic rings. The first-order valence-electron chi connectivity index (χ1n) is 10.1. The summed E-state index contributed by atoms with van der Waals surface area (Å²) in [5, 5.41) is 27.2. The van der Waals surface area contributed by atoms with Gasteiger partial charge in [-0.25, -0.2) is 0 Å². The quantitative estimate of drug-likeness (QED) is 0.657. The van der Waals surface area contributed by atoms with Crippen molar-refractivity contribution in [2.24, 2.45) is 17.6 Å². The molecule has 4 rings (SSSR count). The Balaban J connectivity index is 1.65. The number of nitrogens with one attached hydrogen (secondary N) is 1. The highest BCUT2D eigenvalue weighted by atomic mass is 16.5. The average Bonchev–Trinajstić information content (AvgIpc) is 3.34. The Morgan fingerprint density at radius 3 is 2.97 bits per heavy atom. The number of allylic oxidation sites excluding steroid dienone is 1. The van der Waals surface area contributed by atoms with Crippen molar-refractivity contribution in [2.75, 3.05) is 5.32 Å². The van der Waals surface area contributed by atoms with Gasteiger partial charge in [0.1, 0.15) is 11.3 Å². The molecule has 0 unspecified atom stereocenters. The summed E-state index contributed by atoms with van der Waals surface area (Å²) in [5.41, 5.74) is 8.19. The summed E-state index contributed by atoms with van der Waals surface area (Å²) in [7, 11) is -0.951. The van der Waals surface area contributed by atoms with Gasteiger partial charge in [-0.1, -0.05) is 19.9 Å². The zero-order valence-corrected chi connectivity index (χ0v) is 17.0. The van der Waals surface area contributed by atoms with Crippen molar-refractivity contribution in [3.05, 3.63) is 41.0 Å². The number of amides is 1. The minimum absolute atomic E-state index is 0.0568. The first-order chi connectivity index (χ1) is 14.4. The van der Waals surface area contributed by atoms with Crippen LogP contribution in [0.15, 0.2) is 29.9 Å². The second-order valence-corrected chi connectivity index (χ2v) is 8.12. The molecule has 1 aliphatic carbocycles. The summed E-state index contributed by atoms with van der Waals surface area (Å²) in [6.45, 7) is 3.99. The lowest BCUT2D eigenvalue weighted by Gasteiger charge is -2.23. The SMILES string of the molecule is CC(C)C1=Cc2cc(Nc3nn([C@H]4CCC[C@@H]4C#N)cc3C(N)=O)ccc2OB1O. The van der Waals surface area contributed by atoms with Crippen LogP contribution in [-0.2, 0) is 0 Å². The Hall–Kier alpha value is -3.25. The van der Waals surface area contributed by atoms with E-state index in [0.717, 1.165) is 30.3 Å². The van der Waals surface area contributed by atoms with Gasteiger partial charge in [0, 0.05) is 17.4 Å². The number of fused-ring (bicyclic) bond motifs is 1. The Morgan fingerprint density at radius 1 is 1.47 bits per heavy atom. The first-order valence-corrected chi connectivity index (χ1v) is 10.1. The fourth-order valence-electron chi connectivity index (χ4n) is 4.12. The zero-order valence-electron chi connectivity index (χ0n) is 17.0. The van der Waals surface area contributed by atoms with Crippen LogP contribution < -0.4 is 15.7 Å². The summed E-state index contributed by atoms with van der Waals surface area (Å²) in [6, 6.07) is 7.70. The standard InChI is InChI=1S/C21H24BN5O3/c1-12(2)17-9-14-8-15(6-7-19(14)30-22(17)29)25-21-16(20(24)28)11-27(26-21)18-5-3-4-13(18)10-23/h6-9,11-13,18,29H,3-5H2,1-2H3,(H2,24,28)(H,25,26)/t13-,18+/m1/s1. The third kappa shape index (κ3) is 3.66. The van der Waals surface area contributed by atoms with Crippen LogP contribution in [0.2, 0.25) is 0 Å². The molecule has 1 amide bonds. The molecular weight excluding hydrogens is 381 g/mol. The van der Waals surface area contributed by atoms with E-state index >= 15 is 0 Å². The first kappa shape index (κ1) is 20.0. The summed E-state index contributed by atoms with van der Waals surface area (Å²) in [6.07, 6.45) is 6.18. The van der Waals surface area contributed by atoms with E-state index in [2.05, 4.69) is 16.5 Å². The molecule has 0 bridgehead atoms. The largest absolute Gasteiger partial charge is 0.556 e. The predicted molar refractivity (Wildman–Crippen MR) is 114 cm³/mol. The molecule has 2 aliphatic rings. The van der Waals surface area contributed by atoms with Crippen LogP contribution in [0.3, 0.4) is 0 Å². The molecule has 2 atom stereocenters. The Labute approximate surface area is 175 Å².